The summed E-state index contributed by atoms with van der Waals surface area (Å²) in [6, 6.07) is 8.02. The van der Waals surface area contributed by atoms with E-state index >= 15 is 0 Å². The van der Waals surface area contributed by atoms with E-state index in [0.29, 0.717) is 6.61 Å². The van der Waals surface area contributed by atoms with Gasteiger partial charge in [-0.15, -0.1) is 0 Å². The van der Waals surface area contributed by atoms with Crippen LogP contribution in [0.15, 0.2) is 24.3 Å². The number of aliphatic hydroxyl groups excluding tert-OH is 1. The van der Waals surface area contributed by atoms with Crippen LogP contribution in [0.1, 0.15) is 30.9 Å². The standard InChI is InChI=1S/C16H21NO2/c18-16-13-6-1-2-7-15(13)19-10-14(16)17-8-11-4-3-5-12(11)9-17/h1-2,6-7,11-12,14,16,18H,3-5,8-10H2. The van der Waals surface area contributed by atoms with Gasteiger partial charge < -0.3 is 9.84 Å². The SMILES string of the molecule is OC1c2ccccc2OCC1N1CC2CCCC2C1. The molecule has 19 heavy (non-hydrogen) atoms. The topological polar surface area (TPSA) is 32.7 Å². The minimum absolute atomic E-state index is 0.139. The van der Waals surface area contributed by atoms with Crippen molar-refractivity contribution in [2.45, 2.75) is 31.4 Å². The lowest BCUT2D eigenvalue weighted by Gasteiger charge is -2.36. The highest BCUT2D eigenvalue weighted by molar-refractivity contribution is 5.37. The molecule has 4 unspecified atom stereocenters. The van der Waals surface area contributed by atoms with Gasteiger partial charge in [-0.2, -0.15) is 0 Å². The number of benzene rings is 1. The van der Waals surface area contributed by atoms with Gasteiger partial charge in [-0.05, 0) is 30.7 Å². The molecule has 1 saturated carbocycles. The van der Waals surface area contributed by atoms with E-state index in [1.807, 2.05) is 24.3 Å². The van der Waals surface area contributed by atoms with Crippen molar-refractivity contribution in [1.82, 2.24) is 4.90 Å². The fraction of sp³-hybridized carbons (Fsp3) is 0.625. The van der Waals surface area contributed by atoms with Crippen LogP contribution in [0.25, 0.3) is 0 Å². The maximum Gasteiger partial charge on any atom is 0.125 e. The van der Waals surface area contributed by atoms with Crippen molar-refractivity contribution < 1.29 is 9.84 Å². The average molecular weight is 259 g/mol. The average Bonchev–Trinajstić information content (AvgIpc) is 3.00. The number of rotatable bonds is 1. The van der Waals surface area contributed by atoms with Crippen molar-refractivity contribution in [2.24, 2.45) is 11.8 Å². The van der Waals surface area contributed by atoms with Gasteiger partial charge in [0.15, 0.2) is 0 Å². The van der Waals surface area contributed by atoms with Crippen LogP contribution >= 0.6 is 0 Å². The van der Waals surface area contributed by atoms with E-state index in [1.54, 1.807) is 0 Å². The van der Waals surface area contributed by atoms with Gasteiger partial charge in [-0.3, -0.25) is 4.90 Å². The molecule has 2 heterocycles. The second-order valence-electron chi connectivity index (χ2n) is 6.27. The van der Waals surface area contributed by atoms with Crippen LogP contribution in [0, 0.1) is 11.8 Å². The Kier molecular flexibility index (Phi) is 2.78. The summed E-state index contributed by atoms with van der Waals surface area (Å²) in [7, 11) is 0. The third-order valence-electron chi connectivity index (χ3n) is 5.24. The molecule has 0 aromatic heterocycles. The molecule has 2 aliphatic heterocycles. The number of hydrogen-bond acceptors (Lipinski definition) is 3. The van der Waals surface area contributed by atoms with Crippen molar-refractivity contribution in [3.63, 3.8) is 0 Å². The largest absolute Gasteiger partial charge is 0.491 e. The predicted molar refractivity (Wildman–Crippen MR) is 73.1 cm³/mol. The summed E-state index contributed by atoms with van der Waals surface area (Å²) in [6.07, 6.45) is 3.75. The predicted octanol–water partition coefficient (Wildman–Crippen LogP) is 2.21. The summed E-state index contributed by atoms with van der Waals surface area (Å²) in [6.45, 7) is 2.92. The number of ether oxygens (including phenoxy) is 1. The van der Waals surface area contributed by atoms with Gasteiger partial charge in [-0.1, -0.05) is 24.6 Å². The molecule has 102 valence electrons. The maximum atomic E-state index is 10.6. The summed E-state index contributed by atoms with van der Waals surface area (Å²) in [5, 5.41) is 10.6. The molecule has 1 aromatic carbocycles. The first kappa shape index (κ1) is 11.7. The Balaban J connectivity index is 1.54. The Labute approximate surface area is 114 Å². The van der Waals surface area contributed by atoms with Crippen molar-refractivity contribution >= 4 is 0 Å². The molecule has 0 spiro atoms. The van der Waals surface area contributed by atoms with Crippen molar-refractivity contribution in [2.75, 3.05) is 19.7 Å². The summed E-state index contributed by atoms with van der Waals surface area (Å²) < 4.78 is 5.84. The second-order valence-corrected chi connectivity index (χ2v) is 6.27. The van der Waals surface area contributed by atoms with Crippen LogP contribution < -0.4 is 4.74 Å². The van der Waals surface area contributed by atoms with Gasteiger partial charge in [0, 0.05) is 18.7 Å². The molecule has 0 bridgehead atoms. The zero-order chi connectivity index (χ0) is 12.8. The van der Waals surface area contributed by atoms with E-state index in [-0.39, 0.29) is 6.04 Å². The molecule has 4 rings (SSSR count). The van der Waals surface area contributed by atoms with Crippen molar-refractivity contribution in [3.8, 4) is 5.75 Å². The molecule has 1 saturated heterocycles. The minimum Gasteiger partial charge on any atom is -0.491 e. The van der Waals surface area contributed by atoms with E-state index in [1.165, 1.54) is 19.3 Å². The molecule has 1 N–H and O–H groups in total. The molecule has 3 heteroatoms. The maximum absolute atomic E-state index is 10.6. The highest BCUT2D eigenvalue weighted by atomic mass is 16.5. The molecule has 3 nitrogen and oxygen atoms in total. The lowest BCUT2D eigenvalue weighted by molar-refractivity contribution is 0.0106. The molecule has 1 aliphatic carbocycles. The van der Waals surface area contributed by atoms with E-state index in [9.17, 15) is 5.11 Å². The Morgan fingerprint density at radius 3 is 2.63 bits per heavy atom. The highest BCUT2D eigenvalue weighted by Crippen LogP contribution is 2.41. The van der Waals surface area contributed by atoms with Crippen LogP contribution in [-0.4, -0.2) is 35.7 Å². The fourth-order valence-electron chi connectivity index (χ4n) is 4.18. The first-order valence-electron chi connectivity index (χ1n) is 7.47. The van der Waals surface area contributed by atoms with Gasteiger partial charge >= 0.3 is 0 Å². The van der Waals surface area contributed by atoms with Gasteiger partial charge in [-0.25, -0.2) is 0 Å². The molecular weight excluding hydrogens is 238 g/mol. The summed E-state index contributed by atoms with van der Waals surface area (Å²) in [5.74, 6) is 2.58. The molecule has 0 radical (unpaired) electrons. The van der Waals surface area contributed by atoms with Crippen LogP contribution in [-0.2, 0) is 0 Å². The summed E-state index contributed by atoms with van der Waals surface area (Å²) in [4.78, 5) is 2.47. The Morgan fingerprint density at radius 2 is 1.84 bits per heavy atom. The van der Waals surface area contributed by atoms with E-state index in [2.05, 4.69) is 4.90 Å². The third kappa shape index (κ3) is 1.87. The molecule has 2 fully saturated rings. The Morgan fingerprint density at radius 1 is 1.11 bits per heavy atom. The second kappa shape index (κ2) is 4.50. The number of hydrogen-bond donors (Lipinski definition) is 1. The molecule has 4 atom stereocenters. The first-order valence-corrected chi connectivity index (χ1v) is 7.47. The lowest BCUT2D eigenvalue weighted by Crippen LogP contribution is -2.45. The Hall–Kier alpha value is -1.06. The molecular formula is C16H21NO2. The van der Waals surface area contributed by atoms with Crippen LogP contribution in [0.2, 0.25) is 0 Å². The van der Waals surface area contributed by atoms with Gasteiger partial charge in [0.05, 0.1) is 6.04 Å². The van der Waals surface area contributed by atoms with E-state index in [4.69, 9.17) is 4.74 Å². The Bertz CT molecular complexity index is 464. The van der Waals surface area contributed by atoms with Gasteiger partial charge in [0.1, 0.15) is 18.5 Å². The quantitative estimate of drug-likeness (QED) is 0.839. The lowest BCUT2D eigenvalue weighted by atomic mass is 9.98. The van der Waals surface area contributed by atoms with Crippen molar-refractivity contribution in [3.05, 3.63) is 29.8 Å². The van der Waals surface area contributed by atoms with E-state index < -0.39 is 6.10 Å². The number of nitrogens with zero attached hydrogens (tertiary/aromatic N) is 1. The van der Waals surface area contributed by atoms with Gasteiger partial charge in [0.2, 0.25) is 0 Å². The molecule has 0 amide bonds. The zero-order valence-electron chi connectivity index (χ0n) is 11.2. The number of aliphatic hydroxyl groups is 1. The summed E-state index contributed by atoms with van der Waals surface area (Å²) in [5.41, 5.74) is 0.954. The third-order valence-corrected chi connectivity index (χ3v) is 5.24. The number of fused-ring (bicyclic) bond motifs is 2. The highest BCUT2D eigenvalue weighted by Gasteiger charge is 2.42. The monoisotopic (exact) mass is 259 g/mol. The van der Waals surface area contributed by atoms with Crippen LogP contribution in [0.5, 0.6) is 5.75 Å². The minimum atomic E-state index is -0.399. The van der Waals surface area contributed by atoms with Gasteiger partial charge in [0.25, 0.3) is 0 Å². The van der Waals surface area contributed by atoms with Crippen LogP contribution in [0.3, 0.4) is 0 Å². The fourth-order valence-corrected chi connectivity index (χ4v) is 4.18. The smallest absolute Gasteiger partial charge is 0.125 e. The molecule has 1 aromatic rings. The number of para-hydroxylation sites is 1. The molecule has 3 aliphatic rings. The zero-order valence-corrected chi connectivity index (χ0v) is 11.2. The van der Waals surface area contributed by atoms with Crippen molar-refractivity contribution in [1.29, 1.82) is 0 Å². The normalized spacial score (nSPS) is 37.7. The number of likely N-dealkylation sites (tertiary alicyclic amines) is 1. The van der Waals surface area contributed by atoms with Crippen LogP contribution in [0.4, 0.5) is 0 Å². The summed E-state index contributed by atoms with van der Waals surface area (Å²) >= 11 is 0. The first-order chi connectivity index (χ1) is 9.33. The van der Waals surface area contributed by atoms with E-state index in [0.717, 1.165) is 36.2 Å².